The molecular weight excluding hydrogens is 272 g/mol. The molecular formula is C12H7ClN2S2. The van der Waals surface area contributed by atoms with E-state index in [2.05, 4.69) is 22.1 Å². The molecule has 17 heavy (non-hydrogen) atoms. The summed E-state index contributed by atoms with van der Waals surface area (Å²) in [5.74, 6) is 0. The Balaban J connectivity index is 2.08. The molecule has 0 saturated carbocycles. The van der Waals surface area contributed by atoms with Crippen molar-refractivity contribution in [3.63, 3.8) is 0 Å². The van der Waals surface area contributed by atoms with Crippen LogP contribution in [-0.4, -0.2) is 9.97 Å². The first kappa shape index (κ1) is 11.0. The second-order valence-corrected chi connectivity index (χ2v) is 5.65. The largest absolute Gasteiger partial charge is 0.224 e. The first-order chi connectivity index (χ1) is 8.33. The van der Waals surface area contributed by atoms with Crippen LogP contribution in [0.5, 0.6) is 0 Å². The molecule has 3 rings (SSSR count). The van der Waals surface area contributed by atoms with Gasteiger partial charge in [0.05, 0.1) is 0 Å². The van der Waals surface area contributed by atoms with Crippen molar-refractivity contribution in [2.24, 2.45) is 0 Å². The van der Waals surface area contributed by atoms with E-state index in [1.54, 1.807) is 23.1 Å². The molecule has 0 atom stereocenters. The average molecular weight is 279 g/mol. The molecule has 0 saturated heterocycles. The van der Waals surface area contributed by atoms with E-state index in [-0.39, 0.29) is 0 Å². The number of halogens is 1. The van der Waals surface area contributed by atoms with Crippen LogP contribution in [0, 0.1) is 0 Å². The van der Waals surface area contributed by atoms with E-state index in [1.165, 1.54) is 0 Å². The fourth-order valence-corrected chi connectivity index (χ4v) is 3.50. The summed E-state index contributed by atoms with van der Waals surface area (Å²) in [6.45, 7) is 0. The maximum absolute atomic E-state index is 5.92. The monoisotopic (exact) mass is 278 g/mol. The molecule has 0 unspecified atom stereocenters. The fraction of sp³-hybridized carbons (Fsp3) is 0. The van der Waals surface area contributed by atoms with E-state index in [0.717, 1.165) is 20.1 Å². The van der Waals surface area contributed by atoms with Crippen LogP contribution in [0.2, 0.25) is 5.28 Å². The molecule has 1 aromatic carbocycles. The lowest BCUT2D eigenvalue weighted by Gasteiger charge is -2.02. The molecule has 2 nitrogen and oxygen atoms in total. The van der Waals surface area contributed by atoms with Crippen LogP contribution >= 0.6 is 34.7 Å². The molecule has 2 heterocycles. The van der Waals surface area contributed by atoms with Crippen molar-refractivity contribution < 1.29 is 0 Å². The minimum atomic E-state index is 0.304. The second-order valence-electron chi connectivity index (χ2n) is 3.35. The van der Waals surface area contributed by atoms with E-state index in [4.69, 9.17) is 11.6 Å². The van der Waals surface area contributed by atoms with Crippen molar-refractivity contribution in [3.8, 4) is 0 Å². The lowest BCUT2D eigenvalue weighted by Crippen LogP contribution is -1.85. The zero-order chi connectivity index (χ0) is 11.7. The standard InChI is InChI=1S/C12H7ClN2S2/c13-12-14-10-9(6-7-16-10)11(15-12)17-8-4-2-1-3-5-8/h1-7H. The average Bonchev–Trinajstić information content (AvgIpc) is 2.78. The van der Waals surface area contributed by atoms with Crippen LogP contribution in [0.15, 0.2) is 51.7 Å². The van der Waals surface area contributed by atoms with Crippen molar-refractivity contribution in [2.75, 3.05) is 0 Å². The second kappa shape index (κ2) is 4.64. The highest BCUT2D eigenvalue weighted by molar-refractivity contribution is 7.99. The van der Waals surface area contributed by atoms with Gasteiger partial charge in [0.25, 0.3) is 0 Å². The zero-order valence-electron chi connectivity index (χ0n) is 8.63. The van der Waals surface area contributed by atoms with Crippen LogP contribution in [-0.2, 0) is 0 Å². The highest BCUT2D eigenvalue weighted by atomic mass is 35.5. The number of thiophene rings is 1. The number of hydrogen-bond donors (Lipinski definition) is 0. The Morgan fingerprint density at radius 1 is 1.06 bits per heavy atom. The molecule has 84 valence electrons. The number of nitrogens with zero attached hydrogens (tertiary/aromatic N) is 2. The first-order valence-corrected chi connectivity index (χ1v) is 7.04. The van der Waals surface area contributed by atoms with E-state index >= 15 is 0 Å². The molecule has 0 amide bonds. The number of benzene rings is 1. The van der Waals surface area contributed by atoms with Gasteiger partial charge in [0.15, 0.2) is 0 Å². The third-order valence-corrected chi connectivity index (χ3v) is 4.21. The molecule has 0 spiro atoms. The fourth-order valence-electron chi connectivity index (χ4n) is 1.48. The molecule has 3 aromatic rings. The van der Waals surface area contributed by atoms with Crippen molar-refractivity contribution in [3.05, 3.63) is 47.1 Å². The van der Waals surface area contributed by atoms with Gasteiger partial charge in [0.1, 0.15) is 9.86 Å². The SMILES string of the molecule is Clc1nc(Sc2ccccc2)c2ccsc2n1. The summed E-state index contributed by atoms with van der Waals surface area (Å²) < 4.78 is 0. The maximum Gasteiger partial charge on any atom is 0.224 e. The first-order valence-electron chi connectivity index (χ1n) is 4.96. The maximum atomic E-state index is 5.92. The Kier molecular flexibility index (Phi) is 3.01. The van der Waals surface area contributed by atoms with Gasteiger partial charge in [-0.15, -0.1) is 11.3 Å². The van der Waals surface area contributed by atoms with Gasteiger partial charge in [-0.2, -0.15) is 0 Å². The van der Waals surface area contributed by atoms with Gasteiger partial charge in [-0.3, -0.25) is 0 Å². The molecule has 5 heteroatoms. The van der Waals surface area contributed by atoms with Crippen LogP contribution in [0.1, 0.15) is 0 Å². The van der Waals surface area contributed by atoms with Gasteiger partial charge in [-0.1, -0.05) is 30.0 Å². The van der Waals surface area contributed by atoms with Crippen molar-refractivity contribution in [1.29, 1.82) is 0 Å². The van der Waals surface area contributed by atoms with Gasteiger partial charge in [-0.25, -0.2) is 9.97 Å². The lowest BCUT2D eigenvalue weighted by molar-refractivity contribution is 1.11. The summed E-state index contributed by atoms with van der Waals surface area (Å²) in [5, 5.41) is 4.28. The van der Waals surface area contributed by atoms with E-state index in [9.17, 15) is 0 Å². The van der Waals surface area contributed by atoms with Crippen molar-refractivity contribution >= 4 is 44.9 Å². The van der Waals surface area contributed by atoms with Gasteiger partial charge in [0.2, 0.25) is 5.28 Å². The van der Waals surface area contributed by atoms with Crippen LogP contribution in [0.3, 0.4) is 0 Å². The van der Waals surface area contributed by atoms with E-state index < -0.39 is 0 Å². The normalized spacial score (nSPS) is 10.9. The molecule has 0 aliphatic rings. The molecule has 0 bridgehead atoms. The molecule has 0 N–H and O–H groups in total. The van der Waals surface area contributed by atoms with Gasteiger partial charge in [0, 0.05) is 10.3 Å². The highest BCUT2D eigenvalue weighted by Gasteiger charge is 2.08. The summed E-state index contributed by atoms with van der Waals surface area (Å²) in [5.41, 5.74) is 0. The van der Waals surface area contributed by atoms with Crippen LogP contribution in [0.4, 0.5) is 0 Å². The summed E-state index contributed by atoms with van der Waals surface area (Å²) >= 11 is 9.10. The Morgan fingerprint density at radius 2 is 1.88 bits per heavy atom. The minimum Gasteiger partial charge on any atom is -0.210 e. The number of aromatic nitrogens is 2. The number of rotatable bonds is 2. The summed E-state index contributed by atoms with van der Waals surface area (Å²) in [7, 11) is 0. The number of fused-ring (bicyclic) bond motifs is 1. The Bertz CT molecular complexity index is 652. The number of hydrogen-bond acceptors (Lipinski definition) is 4. The predicted octanol–water partition coefficient (Wildman–Crippen LogP) is 4.50. The van der Waals surface area contributed by atoms with Crippen molar-refractivity contribution in [2.45, 2.75) is 9.92 Å². The topological polar surface area (TPSA) is 25.8 Å². The summed E-state index contributed by atoms with van der Waals surface area (Å²) in [6, 6.07) is 12.2. The lowest BCUT2D eigenvalue weighted by atomic mass is 10.4. The minimum absolute atomic E-state index is 0.304. The van der Waals surface area contributed by atoms with Crippen LogP contribution in [0.25, 0.3) is 10.2 Å². The molecule has 0 aliphatic heterocycles. The van der Waals surface area contributed by atoms with Gasteiger partial charge < -0.3 is 0 Å². The third kappa shape index (κ3) is 2.29. The summed E-state index contributed by atoms with van der Waals surface area (Å²) in [6.07, 6.45) is 0. The van der Waals surface area contributed by atoms with E-state index in [0.29, 0.717) is 5.28 Å². The Hall–Kier alpha value is -1.10. The van der Waals surface area contributed by atoms with E-state index in [1.807, 2.05) is 29.6 Å². The molecule has 2 aromatic heterocycles. The molecule has 0 aliphatic carbocycles. The van der Waals surface area contributed by atoms with Crippen LogP contribution < -0.4 is 0 Å². The van der Waals surface area contributed by atoms with Gasteiger partial charge >= 0.3 is 0 Å². The van der Waals surface area contributed by atoms with Gasteiger partial charge in [-0.05, 0) is 35.2 Å². The molecule has 0 fully saturated rings. The predicted molar refractivity (Wildman–Crippen MR) is 73.0 cm³/mol. The summed E-state index contributed by atoms with van der Waals surface area (Å²) in [4.78, 5) is 10.6. The molecule has 0 radical (unpaired) electrons. The highest BCUT2D eigenvalue weighted by Crippen LogP contribution is 2.33. The quantitative estimate of drug-likeness (QED) is 0.510. The Morgan fingerprint density at radius 3 is 2.71 bits per heavy atom. The third-order valence-electron chi connectivity index (χ3n) is 2.22. The van der Waals surface area contributed by atoms with Crippen molar-refractivity contribution in [1.82, 2.24) is 9.97 Å². The zero-order valence-corrected chi connectivity index (χ0v) is 11.0. The Labute approximate surface area is 112 Å². The smallest absolute Gasteiger partial charge is 0.210 e.